The molecular formula is C25H35N5O3. The van der Waals surface area contributed by atoms with E-state index >= 15 is 0 Å². The number of benzene rings is 1. The number of nitrogens with zero attached hydrogens (tertiary/aromatic N) is 3. The zero-order valence-electron chi connectivity index (χ0n) is 19.8. The maximum absolute atomic E-state index is 13.0. The van der Waals surface area contributed by atoms with Gasteiger partial charge in [-0.3, -0.25) is 19.4 Å². The van der Waals surface area contributed by atoms with E-state index in [9.17, 15) is 9.59 Å². The zero-order valence-corrected chi connectivity index (χ0v) is 19.8. The SMILES string of the molecule is CN(C)c1ccc(CN2CCC3C2C(=O)NCC(CCC(=O)NCc2ccco2)N3C)cc1. The minimum Gasteiger partial charge on any atom is -0.467 e. The van der Waals surface area contributed by atoms with Crippen LogP contribution in [-0.4, -0.2) is 74.0 Å². The highest BCUT2D eigenvalue weighted by Crippen LogP contribution is 2.29. The quantitative estimate of drug-likeness (QED) is 0.635. The van der Waals surface area contributed by atoms with Gasteiger partial charge in [0.15, 0.2) is 0 Å². The van der Waals surface area contributed by atoms with Gasteiger partial charge in [0.25, 0.3) is 0 Å². The number of rotatable bonds is 8. The van der Waals surface area contributed by atoms with Crippen molar-refractivity contribution < 1.29 is 14.0 Å². The molecule has 3 unspecified atom stereocenters. The monoisotopic (exact) mass is 453 g/mol. The summed E-state index contributed by atoms with van der Waals surface area (Å²) in [6.45, 7) is 2.62. The summed E-state index contributed by atoms with van der Waals surface area (Å²) in [5.74, 6) is 0.840. The Hall–Kier alpha value is -2.84. The van der Waals surface area contributed by atoms with Crippen molar-refractivity contribution in [1.29, 1.82) is 0 Å². The second-order valence-corrected chi connectivity index (χ2v) is 9.29. The van der Waals surface area contributed by atoms with Gasteiger partial charge in [0.1, 0.15) is 11.8 Å². The molecule has 2 amide bonds. The second kappa shape index (κ2) is 10.4. The molecule has 3 heterocycles. The van der Waals surface area contributed by atoms with Crippen LogP contribution in [0.1, 0.15) is 30.6 Å². The summed E-state index contributed by atoms with van der Waals surface area (Å²) in [6, 6.07) is 12.3. The van der Waals surface area contributed by atoms with Gasteiger partial charge in [-0.25, -0.2) is 0 Å². The minimum absolute atomic E-state index is 0.00106. The molecule has 8 nitrogen and oxygen atoms in total. The highest BCUT2D eigenvalue weighted by atomic mass is 16.3. The van der Waals surface area contributed by atoms with Crippen molar-refractivity contribution in [1.82, 2.24) is 20.4 Å². The van der Waals surface area contributed by atoms with Crippen molar-refractivity contribution in [3.05, 3.63) is 54.0 Å². The molecule has 2 fully saturated rings. The Morgan fingerprint density at radius 1 is 1.24 bits per heavy atom. The van der Waals surface area contributed by atoms with Crippen LogP contribution >= 0.6 is 0 Å². The molecule has 0 saturated carbocycles. The first-order valence-corrected chi connectivity index (χ1v) is 11.7. The number of carbonyl (C=O) groups is 2. The summed E-state index contributed by atoms with van der Waals surface area (Å²) >= 11 is 0. The number of likely N-dealkylation sites (tertiary alicyclic amines) is 1. The van der Waals surface area contributed by atoms with E-state index in [0.717, 1.165) is 25.3 Å². The predicted molar refractivity (Wildman–Crippen MR) is 128 cm³/mol. The molecule has 4 rings (SSSR count). The Bertz CT molecular complexity index is 928. The fraction of sp³-hybridized carbons (Fsp3) is 0.520. The summed E-state index contributed by atoms with van der Waals surface area (Å²) in [6.07, 6.45) is 3.68. The number of likely N-dealkylation sites (N-methyl/N-ethyl adjacent to an activating group) is 1. The van der Waals surface area contributed by atoms with Crippen molar-refractivity contribution in [3.8, 4) is 0 Å². The first kappa shape index (κ1) is 23.3. The van der Waals surface area contributed by atoms with E-state index in [1.54, 1.807) is 6.26 Å². The Kier molecular flexibility index (Phi) is 7.35. The highest BCUT2D eigenvalue weighted by Gasteiger charge is 2.44. The third-order valence-corrected chi connectivity index (χ3v) is 6.93. The third-order valence-electron chi connectivity index (χ3n) is 6.93. The van der Waals surface area contributed by atoms with Crippen molar-refractivity contribution in [2.45, 2.75) is 50.5 Å². The fourth-order valence-electron chi connectivity index (χ4n) is 4.95. The Morgan fingerprint density at radius 3 is 2.73 bits per heavy atom. The molecule has 1 aromatic carbocycles. The van der Waals surface area contributed by atoms with E-state index < -0.39 is 0 Å². The summed E-state index contributed by atoms with van der Waals surface area (Å²) < 4.78 is 5.26. The van der Waals surface area contributed by atoms with Crippen molar-refractivity contribution in [2.75, 3.05) is 39.1 Å². The molecule has 3 atom stereocenters. The predicted octanol–water partition coefficient (Wildman–Crippen LogP) is 1.82. The third kappa shape index (κ3) is 5.57. The zero-order chi connectivity index (χ0) is 23.4. The molecule has 33 heavy (non-hydrogen) atoms. The molecule has 0 spiro atoms. The van der Waals surface area contributed by atoms with E-state index in [-0.39, 0.29) is 29.9 Å². The molecule has 178 valence electrons. The van der Waals surface area contributed by atoms with E-state index in [0.29, 0.717) is 25.9 Å². The lowest BCUT2D eigenvalue weighted by Crippen LogP contribution is -2.49. The highest BCUT2D eigenvalue weighted by molar-refractivity contribution is 5.83. The number of furan rings is 1. The van der Waals surface area contributed by atoms with E-state index in [4.69, 9.17) is 4.42 Å². The molecule has 2 saturated heterocycles. The number of nitrogens with one attached hydrogen (secondary N) is 2. The molecular weight excluding hydrogens is 418 g/mol. The smallest absolute Gasteiger partial charge is 0.239 e. The van der Waals surface area contributed by atoms with Gasteiger partial charge in [0, 0.05) is 57.9 Å². The summed E-state index contributed by atoms with van der Waals surface area (Å²) in [5.41, 5.74) is 2.38. The van der Waals surface area contributed by atoms with Gasteiger partial charge >= 0.3 is 0 Å². The van der Waals surface area contributed by atoms with Crippen LogP contribution in [0.25, 0.3) is 0 Å². The van der Waals surface area contributed by atoms with E-state index in [1.165, 1.54) is 11.3 Å². The second-order valence-electron chi connectivity index (χ2n) is 9.29. The van der Waals surface area contributed by atoms with Gasteiger partial charge in [-0.15, -0.1) is 0 Å². The van der Waals surface area contributed by atoms with Gasteiger partial charge in [0.2, 0.25) is 11.8 Å². The van der Waals surface area contributed by atoms with Gasteiger partial charge in [-0.05, 0) is 49.7 Å². The summed E-state index contributed by atoms with van der Waals surface area (Å²) in [7, 11) is 6.16. The lowest BCUT2D eigenvalue weighted by Gasteiger charge is -2.33. The lowest BCUT2D eigenvalue weighted by molar-refractivity contribution is -0.126. The van der Waals surface area contributed by atoms with Crippen LogP contribution in [-0.2, 0) is 22.7 Å². The molecule has 2 N–H and O–H groups in total. The Balaban J connectivity index is 1.33. The van der Waals surface area contributed by atoms with Crippen molar-refractivity contribution >= 4 is 17.5 Å². The van der Waals surface area contributed by atoms with Gasteiger partial charge in [-0.2, -0.15) is 0 Å². The minimum atomic E-state index is -0.165. The molecule has 2 aliphatic heterocycles. The molecule has 2 aliphatic rings. The average Bonchev–Trinajstić information content (AvgIpc) is 3.45. The Morgan fingerprint density at radius 2 is 2.03 bits per heavy atom. The van der Waals surface area contributed by atoms with Crippen LogP contribution in [0, 0.1) is 0 Å². The summed E-state index contributed by atoms with van der Waals surface area (Å²) in [4.78, 5) is 32.0. The summed E-state index contributed by atoms with van der Waals surface area (Å²) in [5, 5.41) is 6.04. The molecule has 0 bridgehead atoms. The van der Waals surface area contributed by atoms with Crippen molar-refractivity contribution in [3.63, 3.8) is 0 Å². The van der Waals surface area contributed by atoms with Crippen LogP contribution in [0.5, 0.6) is 0 Å². The maximum Gasteiger partial charge on any atom is 0.239 e. The molecule has 1 aromatic heterocycles. The van der Waals surface area contributed by atoms with Crippen molar-refractivity contribution in [2.24, 2.45) is 0 Å². The number of hydrogen-bond acceptors (Lipinski definition) is 6. The molecule has 8 heteroatoms. The van der Waals surface area contributed by atoms with E-state index in [1.807, 2.05) is 26.2 Å². The topological polar surface area (TPSA) is 81.1 Å². The molecule has 2 aromatic rings. The number of amides is 2. The first-order valence-electron chi connectivity index (χ1n) is 11.7. The molecule has 0 aliphatic carbocycles. The van der Waals surface area contributed by atoms with Crippen LogP contribution in [0.15, 0.2) is 47.1 Å². The fourth-order valence-corrected chi connectivity index (χ4v) is 4.95. The van der Waals surface area contributed by atoms with Crippen LogP contribution < -0.4 is 15.5 Å². The largest absolute Gasteiger partial charge is 0.467 e. The van der Waals surface area contributed by atoms with Crippen LogP contribution in [0.4, 0.5) is 5.69 Å². The Labute approximate surface area is 195 Å². The van der Waals surface area contributed by atoms with Gasteiger partial charge in [-0.1, -0.05) is 12.1 Å². The maximum atomic E-state index is 13.0. The number of hydrogen-bond donors (Lipinski definition) is 2. The normalized spacial score (nSPS) is 23.6. The standard InChI is InChI=1S/C25H35N5O3/c1-28(2)19-8-6-18(7-9-19)17-30-13-12-22-24(30)25(32)27-15-20(29(22)3)10-11-23(31)26-16-21-5-4-14-33-21/h4-9,14,20,22,24H,10-13,15-17H2,1-3H3,(H,26,31)(H,27,32). The number of carbonyl (C=O) groups excluding carboxylic acids is 2. The van der Waals surface area contributed by atoms with Gasteiger partial charge in [0.05, 0.1) is 12.8 Å². The van der Waals surface area contributed by atoms with E-state index in [2.05, 4.69) is 56.6 Å². The number of fused-ring (bicyclic) bond motifs is 1. The average molecular weight is 454 g/mol. The lowest BCUT2D eigenvalue weighted by atomic mass is 10.0. The van der Waals surface area contributed by atoms with Gasteiger partial charge < -0.3 is 20.0 Å². The molecule has 0 radical (unpaired) electrons. The first-order chi connectivity index (χ1) is 15.9. The number of anilines is 1. The van der Waals surface area contributed by atoms with Crippen LogP contribution in [0.2, 0.25) is 0 Å². The van der Waals surface area contributed by atoms with Crippen LogP contribution in [0.3, 0.4) is 0 Å².